The molecule has 0 unspecified atom stereocenters. The Labute approximate surface area is 130 Å². The third-order valence-corrected chi connectivity index (χ3v) is 3.90. The monoisotopic (exact) mass is 338 g/mol. The Hall–Kier alpha value is -0.110. The predicted molar refractivity (Wildman–Crippen MR) is 81.5 cm³/mol. The summed E-state index contributed by atoms with van der Waals surface area (Å²) >= 11 is 30.2. The Balaban J connectivity index is 2.62. The molecule has 2 aromatic carbocycles. The van der Waals surface area contributed by atoms with Gasteiger partial charge < -0.3 is 0 Å². The fraction of sp³-hybridized carbons (Fsp3) is 0.0769. The summed E-state index contributed by atoms with van der Waals surface area (Å²) < 4.78 is 0. The maximum absolute atomic E-state index is 6.22. The Kier molecular flexibility index (Phi) is 4.69. The van der Waals surface area contributed by atoms with Crippen LogP contribution in [0.3, 0.4) is 0 Å². The molecule has 0 radical (unpaired) electrons. The molecule has 0 aliphatic carbocycles. The number of hydrogen-bond acceptors (Lipinski definition) is 0. The minimum absolute atomic E-state index is 0.405. The maximum atomic E-state index is 6.22. The summed E-state index contributed by atoms with van der Waals surface area (Å²) in [7, 11) is 0. The van der Waals surface area contributed by atoms with Gasteiger partial charge in [0.15, 0.2) is 0 Å². The van der Waals surface area contributed by atoms with Crippen molar-refractivity contribution in [3.63, 3.8) is 0 Å². The van der Waals surface area contributed by atoms with Crippen molar-refractivity contribution in [1.82, 2.24) is 0 Å². The largest absolute Gasteiger partial charge is 0.122 e. The Bertz CT molecular complexity index is 569. The van der Waals surface area contributed by atoms with Gasteiger partial charge in [-0.15, -0.1) is 11.6 Å². The van der Waals surface area contributed by atoms with Crippen LogP contribution in [0.1, 0.15) is 5.56 Å². The van der Waals surface area contributed by atoms with E-state index in [-0.39, 0.29) is 0 Å². The topological polar surface area (TPSA) is 0 Å². The highest BCUT2D eigenvalue weighted by molar-refractivity contribution is 6.43. The molecule has 0 nitrogen and oxygen atoms in total. The zero-order valence-electron chi connectivity index (χ0n) is 8.98. The van der Waals surface area contributed by atoms with Crippen LogP contribution in [-0.2, 0) is 5.88 Å². The Morgan fingerprint density at radius 1 is 0.778 bits per heavy atom. The molecule has 2 rings (SSSR count). The summed E-state index contributed by atoms with van der Waals surface area (Å²) in [5.41, 5.74) is 2.37. The molecule has 0 aliphatic rings. The van der Waals surface area contributed by atoms with E-state index in [4.69, 9.17) is 58.0 Å². The van der Waals surface area contributed by atoms with Crippen LogP contribution in [0.5, 0.6) is 0 Å². The van der Waals surface area contributed by atoms with E-state index in [9.17, 15) is 0 Å². The molecule has 0 aliphatic heterocycles. The molecule has 18 heavy (non-hydrogen) atoms. The molecular formula is C13H7Cl5. The molecule has 0 saturated heterocycles. The molecule has 0 N–H and O–H groups in total. The van der Waals surface area contributed by atoms with Gasteiger partial charge in [-0.25, -0.2) is 0 Å². The summed E-state index contributed by atoms with van der Waals surface area (Å²) in [5.74, 6) is 0.405. The normalized spacial score (nSPS) is 10.7. The highest BCUT2D eigenvalue weighted by Crippen LogP contribution is 2.40. The number of halogens is 5. The van der Waals surface area contributed by atoms with Gasteiger partial charge in [-0.05, 0) is 23.8 Å². The van der Waals surface area contributed by atoms with E-state index in [2.05, 4.69) is 0 Å². The minimum Gasteiger partial charge on any atom is -0.122 e. The lowest BCUT2D eigenvalue weighted by Gasteiger charge is -2.10. The van der Waals surface area contributed by atoms with Gasteiger partial charge in [-0.1, -0.05) is 58.5 Å². The molecular weight excluding hydrogens is 333 g/mol. The van der Waals surface area contributed by atoms with E-state index < -0.39 is 0 Å². The van der Waals surface area contributed by atoms with E-state index in [0.717, 1.165) is 11.1 Å². The summed E-state index contributed by atoms with van der Waals surface area (Å²) in [6.07, 6.45) is 0. The van der Waals surface area contributed by atoms with Gasteiger partial charge in [0.2, 0.25) is 0 Å². The zero-order valence-corrected chi connectivity index (χ0v) is 12.8. The lowest BCUT2D eigenvalue weighted by Crippen LogP contribution is -1.86. The van der Waals surface area contributed by atoms with Crippen molar-refractivity contribution in [2.45, 2.75) is 5.88 Å². The van der Waals surface area contributed by atoms with Crippen molar-refractivity contribution in [2.24, 2.45) is 0 Å². The SMILES string of the molecule is ClCc1ccc(-c2c(Cl)cc(Cl)cc2Cl)c(Cl)c1. The van der Waals surface area contributed by atoms with E-state index in [1.165, 1.54) is 0 Å². The Morgan fingerprint density at radius 2 is 1.39 bits per heavy atom. The van der Waals surface area contributed by atoms with Gasteiger partial charge in [0.25, 0.3) is 0 Å². The molecule has 0 atom stereocenters. The van der Waals surface area contributed by atoms with Gasteiger partial charge in [0.1, 0.15) is 0 Å². The molecule has 2 aromatic rings. The highest BCUT2D eigenvalue weighted by Gasteiger charge is 2.13. The van der Waals surface area contributed by atoms with Crippen molar-refractivity contribution in [1.29, 1.82) is 0 Å². The fourth-order valence-electron chi connectivity index (χ4n) is 1.64. The van der Waals surface area contributed by atoms with Crippen LogP contribution in [-0.4, -0.2) is 0 Å². The second-order valence-corrected chi connectivity index (χ2v) is 5.62. The fourth-order valence-corrected chi connectivity index (χ4v) is 3.13. The van der Waals surface area contributed by atoms with E-state index >= 15 is 0 Å². The molecule has 0 bridgehead atoms. The van der Waals surface area contributed by atoms with Gasteiger partial charge in [0.05, 0.1) is 10.0 Å². The smallest absolute Gasteiger partial charge is 0.0514 e. The maximum Gasteiger partial charge on any atom is 0.0514 e. The summed E-state index contributed by atoms with van der Waals surface area (Å²) in [5, 5.41) is 1.97. The molecule has 0 fully saturated rings. The van der Waals surface area contributed by atoms with Crippen LogP contribution in [0.2, 0.25) is 20.1 Å². The number of rotatable bonds is 2. The second kappa shape index (κ2) is 5.90. The standard InChI is InChI=1S/C13H7Cl5/c14-6-7-1-2-9(10(16)3-7)13-11(17)4-8(15)5-12(13)18/h1-5H,6H2. The molecule has 94 valence electrons. The molecule has 5 heteroatoms. The first kappa shape index (κ1) is 14.3. The summed E-state index contributed by atoms with van der Waals surface area (Å²) in [4.78, 5) is 0. The summed E-state index contributed by atoms with van der Waals surface area (Å²) in [6.45, 7) is 0. The lowest BCUT2D eigenvalue weighted by atomic mass is 10.0. The van der Waals surface area contributed by atoms with Crippen LogP contribution in [0.15, 0.2) is 30.3 Å². The van der Waals surface area contributed by atoms with Crippen molar-refractivity contribution in [3.05, 3.63) is 56.0 Å². The molecule has 0 heterocycles. The third-order valence-electron chi connectivity index (χ3n) is 2.46. The van der Waals surface area contributed by atoms with Gasteiger partial charge in [-0.3, -0.25) is 0 Å². The molecule has 0 aromatic heterocycles. The Morgan fingerprint density at radius 3 is 1.89 bits per heavy atom. The average molecular weight is 340 g/mol. The molecule has 0 amide bonds. The van der Waals surface area contributed by atoms with Crippen molar-refractivity contribution < 1.29 is 0 Å². The van der Waals surface area contributed by atoms with Crippen LogP contribution >= 0.6 is 58.0 Å². The highest BCUT2D eigenvalue weighted by atomic mass is 35.5. The number of hydrogen-bond donors (Lipinski definition) is 0. The van der Waals surface area contributed by atoms with Gasteiger partial charge in [0, 0.05) is 27.1 Å². The number of alkyl halides is 1. The third kappa shape index (κ3) is 2.89. The van der Waals surface area contributed by atoms with E-state index in [1.54, 1.807) is 18.2 Å². The molecule has 0 saturated carbocycles. The van der Waals surface area contributed by atoms with Gasteiger partial charge >= 0.3 is 0 Å². The minimum atomic E-state index is 0.405. The first-order chi connectivity index (χ1) is 8.52. The van der Waals surface area contributed by atoms with Crippen LogP contribution in [0, 0.1) is 0 Å². The van der Waals surface area contributed by atoms with Crippen molar-refractivity contribution in [3.8, 4) is 11.1 Å². The zero-order chi connectivity index (χ0) is 13.3. The van der Waals surface area contributed by atoms with E-state index in [1.807, 2.05) is 12.1 Å². The quantitative estimate of drug-likeness (QED) is 0.533. The number of benzene rings is 2. The van der Waals surface area contributed by atoms with Crippen LogP contribution in [0.25, 0.3) is 11.1 Å². The van der Waals surface area contributed by atoms with Crippen LogP contribution < -0.4 is 0 Å². The average Bonchev–Trinajstić information content (AvgIpc) is 2.29. The summed E-state index contributed by atoms with van der Waals surface area (Å²) in [6, 6.07) is 8.80. The first-order valence-corrected chi connectivity index (χ1v) is 7.07. The first-order valence-electron chi connectivity index (χ1n) is 5.02. The van der Waals surface area contributed by atoms with Crippen molar-refractivity contribution in [2.75, 3.05) is 0 Å². The second-order valence-electron chi connectivity index (χ2n) is 3.69. The van der Waals surface area contributed by atoms with E-state index in [0.29, 0.717) is 31.5 Å². The van der Waals surface area contributed by atoms with Crippen molar-refractivity contribution >= 4 is 58.0 Å². The van der Waals surface area contributed by atoms with Crippen LogP contribution in [0.4, 0.5) is 0 Å². The van der Waals surface area contributed by atoms with Gasteiger partial charge in [-0.2, -0.15) is 0 Å². The lowest BCUT2D eigenvalue weighted by molar-refractivity contribution is 1.40. The molecule has 0 spiro atoms. The predicted octanol–water partition coefficient (Wildman–Crippen LogP) is 6.71.